The molecule has 1 saturated heterocycles. The fraction of sp³-hybridized carbons (Fsp3) is 0.500. The molecule has 112 valence electrons. The summed E-state index contributed by atoms with van der Waals surface area (Å²) in [4.78, 5) is 13.1. The van der Waals surface area contributed by atoms with Gasteiger partial charge in [-0.15, -0.1) is 0 Å². The number of hydrogen-bond acceptors (Lipinski definition) is 7. The number of aliphatic hydroxyl groups is 1. The lowest BCUT2D eigenvalue weighted by molar-refractivity contribution is 0.101. The van der Waals surface area contributed by atoms with E-state index in [1.807, 2.05) is 18.2 Å². The fourth-order valence-corrected chi connectivity index (χ4v) is 2.42. The van der Waals surface area contributed by atoms with Crippen molar-refractivity contribution in [3.63, 3.8) is 0 Å². The van der Waals surface area contributed by atoms with Crippen molar-refractivity contribution in [2.75, 3.05) is 39.3 Å². The fourth-order valence-electron chi connectivity index (χ4n) is 2.42. The van der Waals surface area contributed by atoms with Crippen LogP contribution in [0.2, 0.25) is 0 Å². The molecule has 7 heteroatoms. The van der Waals surface area contributed by atoms with E-state index >= 15 is 0 Å². The maximum atomic E-state index is 8.94. The van der Waals surface area contributed by atoms with Gasteiger partial charge in [0.15, 0.2) is 0 Å². The predicted octanol–water partition coefficient (Wildman–Crippen LogP) is 0.241. The summed E-state index contributed by atoms with van der Waals surface area (Å²) in [6.07, 6.45) is 1.71. The number of hydrogen-bond donors (Lipinski definition) is 1. The summed E-state index contributed by atoms with van der Waals surface area (Å²) >= 11 is 0. The molecule has 0 aromatic carbocycles. The number of nitrogens with zero attached hydrogens (tertiary/aromatic N) is 5. The van der Waals surface area contributed by atoms with Gasteiger partial charge < -0.3 is 9.63 Å². The van der Waals surface area contributed by atoms with Crippen LogP contribution >= 0.6 is 0 Å². The third-order valence-electron chi connectivity index (χ3n) is 3.60. The summed E-state index contributed by atoms with van der Waals surface area (Å²) in [5.74, 6) is 1.15. The molecule has 1 aliphatic rings. The topological polar surface area (TPSA) is 78.5 Å². The molecule has 0 atom stereocenters. The highest BCUT2D eigenvalue weighted by Gasteiger charge is 2.19. The Labute approximate surface area is 123 Å². The Balaban J connectivity index is 1.56. The molecular weight excluding hydrogens is 270 g/mol. The van der Waals surface area contributed by atoms with Gasteiger partial charge in [0.05, 0.1) is 13.2 Å². The molecule has 0 aliphatic carbocycles. The molecule has 0 unspecified atom stereocenters. The number of pyridine rings is 1. The zero-order chi connectivity index (χ0) is 14.5. The third-order valence-corrected chi connectivity index (χ3v) is 3.60. The average molecular weight is 289 g/mol. The highest BCUT2D eigenvalue weighted by molar-refractivity contribution is 5.46. The summed E-state index contributed by atoms with van der Waals surface area (Å²) in [6, 6.07) is 5.62. The number of aliphatic hydroxyl groups excluding tert-OH is 1. The zero-order valence-corrected chi connectivity index (χ0v) is 11.9. The van der Waals surface area contributed by atoms with E-state index in [1.54, 1.807) is 6.20 Å². The summed E-state index contributed by atoms with van der Waals surface area (Å²) in [5.41, 5.74) is 0.722. The van der Waals surface area contributed by atoms with Gasteiger partial charge in [-0.2, -0.15) is 4.98 Å². The number of rotatable bonds is 5. The molecule has 0 radical (unpaired) electrons. The van der Waals surface area contributed by atoms with E-state index in [4.69, 9.17) is 9.63 Å². The number of aromatic nitrogens is 3. The minimum absolute atomic E-state index is 0.219. The minimum atomic E-state index is 0.219. The monoisotopic (exact) mass is 289 g/mol. The number of β-amino-alcohol motifs (C(OH)–C–C–N with tert-alkyl or cyclic N) is 1. The molecule has 0 spiro atoms. The van der Waals surface area contributed by atoms with Gasteiger partial charge in [0.1, 0.15) is 5.69 Å². The zero-order valence-electron chi connectivity index (χ0n) is 11.9. The standard InChI is InChI=1S/C14H19N5O2/c20-10-9-18-5-7-19(8-6-18)11-13-16-14(17-21-13)12-3-1-2-4-15-12/h1-4,20H,5-11H2. The Morgan fingerprint density at radius 3 is 2.67 bits per heavy atom. The first-order valence-corrected chi connectivity index (χ1v) is 7.15. The van der Waals surface area contributed by atoms with E-state index in [0.717, 1.165) is 38.4 Å². The average Bonchev–Trinajstić information content (AvgIpc) is 2.99. The molecular formula is C14H19N5O2. The van der Waals surface area contributed by atoms with Crippen LogP contribution in [0.15, 0.2) is 28.9 Å². The second-order valence-corrected chi connectivity index (χ2v) is 5.07. The third kappa shape index (κ3) is 3.63. The van der Waals surface area contributed by atoms with Crippen LogP contribution in [0, 0.1) is 0 Å². The molecule has 1 N–H and O–H groups in total. The molecule has 21 heavy (non-hydrogen) atoms. The van der Waals surface area contributed by atoms with Crippen LogP contribution in [0.4, 0.5) is 0 Å². The smallest absolute Gasteiger partial charge is 0.241 e. The molecule has 0 bridgehead atoms. The maximum absolute atomic E-state index is 8.94. The van der Waals surface area contributed by atoms with Gasteiger partial charge in [-0.25, -0.2) is 0 Å². The quantitative estimate of drug-likeness (QED) is 0.844. The van der Waals surface area contributed by atoms with E-state index in [9.17, 15) is 0 Å². The van der Waals surface area contributed by atoms with E-state index in [0.29, 0.717) is 18.3 Å². The summed E-state index contributed by atoms with van der Waals surface area (Å²) in [7, 11) is 0. The molecule has 0 saturated carbocycles. The molecule has 1 aliphatic heterocycles. The largest absolute Gasteiger partial charge is 0.395 e. The minimum Gasteiger partial charge on any atom is -0.395 e. The van der Waals surface area contributed by atoms with Crippen LogP contribution in [0.5, 0.6) is 0 Å². The van der Waals surface area contributed by atoms with E-state index in [2.05, 4.69) is 24.9 Å². The molecule has 3 rings (SSSR count). The SMILES string of the molecule is OCCN1CCN(Cc2nc(-c3ccccn3)no2)CC1. The van der Waals surface area contributed by atoms with Crippen LogP contribution in [0.3, 0.4) is 0 Å². The Morgan fingerprint density at radius 2 is 1.95 bits per heavy atom. The van der Waals surface area contributed by atoms with Crippen molar-refractivity contribution in [1.82, 2.24) is 24.9 Å². The molecule has 3 heterocycles. The Kier molecular flexibility index (Phi) is 4.54. The molecule has 2 aromatic rings. The Hall–Kier alpha value is -1.83. The highest BCUT2D eigenvalue weighted by Crippen LogP contribution is 2.13. The van der Waals surface area contributed by atoms with Crippen molar-refractivity contribution in [2.45, 2.75) is 6.54 Å². The van der Waals surface area contributed by atoms with E-state index in [1.165, 1.54) is 0 Å². The van der Waals surface area contributed by atoms with Gasteiger partial charge in [-0.05, 0) is 12.1 Å². The van der Waals surface area contributed by atoms with Crippen LogP contribution < -0.4 is 0 Å². The molecule has 0 amide bonds. The van der Waals surface area contributed by atoms with Gasteiger partial charge in [0, 0.05) is 38.9 Å². The first-order valence-electron chi connectivity index (χ1n) is 7.15. The second kappa shape index (κ2) is 6.75. The van der Waals surface area contributed by atoms with E-state index < -0.39 is 0 Å². The maximum Gasteiger partial charge on any atom is 0.241 e. The van der Waals surface area contributed by atoms with Crippen molar-refractivity contribution in [1.29, 1.82) is 0 Å². The highest BCUT2D eigenvalue weighted by atomic mass is 16.5. The molecule has 7 nitrogen and oxygen atoms in total. The molecule has 2 aromatic heterocycles. The lowest BCUT2D eigenvalue weighted by Gasteiger charge is -2.33. The van der Waals surface area contributed by atoms with Crippen LogP contribution in [-0.4, -0.2) is 69.4 Å². The Bertz CT molecular complexity index is 552. The predicted molar refractivity (Wildman–Crippen MR) is 76.3 cm³/mol. The summed E-state index contributed by atoms with van der Waals surface area (Å²) in [5, 5.41) is 12.9. The number of piperazine rings is 1. The van der Waals surface area contributed by atoms with Gasteiger partial charge in [0.2, 0.25) is 11.7 Å². The second-order valence-electron chi connectivity index (χ2n) is 5.07. The van der Waals surface area contributed by atoms with Gasteiger partial charge >= 0.3 is 0 Å². The first kappa shape index (κ1) is 14.1. The summed E-state index contributed by atoms with van der Waals surface area (Å²) < 4.78 is 5.30. The van der Waals surface area contributed by atoms with Crippen molar-refractivity contribution in [2.24, 2.45) is 0 Å². The lowest BCUT2D eigenvalue weighted by Crippen LogP contribution is -2.46. The first-order chi connectivity index (χ1) is 10.3. The normalized spacial score (nSPS) is 17.2. The van der Waals surface area contributed by atoms with Gasteiger partial charge in [-0.3, -0.25) is 14.8 Å². The Morgan fingerprint density at radius 1 is 1.14 bits per heavy atom. The van der Waals surface area contributed by atoms with Gasteiger partial charge in [0.25, 0.3) is 0 Å². The lowest BCUT2D eigenvalue weighted by atomic mass is 10.3. The van der Waals surface area contributed by atoms with Crippen LogP contribution in [0.25, 0.3) is 11.5 Å². The van der Waals surface area contributed by atoms with Crippen molar-refractivity contribution < 1.29 is 9.63 Å². The van der Waals surface area contributed by atoms with Crippen molar-refractivity contribution in [3.05, 3.63) is 30.3 Å². The van der Waals surface area contributed by atoms with Crippen molar-refractivity contribution >= 4 is 0 Å². The van der Waals surface area contributed by atoms with Gasteiger partial charge in [-0.1, -0.05) is 11.2 Å². The summed E-state index contributed by atoms with van der Waals surface area (Å²) in [6.45, 7) is 5.44. The van der Waals surface area contributed by atoms with Crippen LogP contribution in [-0.2, 0) is 6.54 Å². The van der Waals surface area contributed by atoms with Crippen molar-refractivity contribution in [3.8, 4) is 11.5 Å². The molecule has 1 fully saturated rings. The van der Waals surface area contributed by atoms with E-state index in [-0.39, 0.29) is 6.61 Å². The van der Waals surface area contributed by atoms with Crippen LogP contribution in [0.1, 0.15) is 5.89 Å².